The van der Waals surface area contributed by atoms with E-state index in [0.717, 1.165) is 10.6 Å². The Morgan fingerprint density at radius 3 is 2.74 bits per heavy atom. The molecule has 1 aliphatic heterocycles. The molecule has 1 saturated heterocycles. The van der Waals surface area contributed by atoms with Crippen LogP contribution >= 0.6 is 11.6 Å². The third kappa shape index (κ3) is 3.05. The largest absolute Gasteiger partial charge is 0.349 e. The molecule has 1 unspecified atom stereocenters. The predicted octanol–water partition coefficient (Wildman–Crippen LogP) is 2.35. The topological polar surface area (TPSA) is 58.6 Å². The van der Waals surface area contributed by atoms with Gasteiger partial charge >= 0.3 is 6.03 Å². The second-order valence-corrected chi connectivity index (χ2v) is 5.14. The molecule has 0 bridgehead atoms. The summed E-state index contributed by atoms with van der Waals surface area (Å²) in [6.07, 6.45) is 0. The highest BCUT2D eigenvalue weighted by atomic mass is 35.5. The number of amides is 3. The van der Waals surface area contributed by atoms with Crippen molar-refractivity contribution in [3.8, 4) is 0 Å². The molecule has 1 atom stereocenters. The first-order valence-electron chi connectivity index (χ1n) is 6.01. The van der Waals surface area contributed by atoms with Crippen LogP contribution in [0, 0.1) is 5.92 Å². The van der Waals surface area contributed by atoms with Gasteiger partial charge in [0.25, 0.3) is 5.91 Å². The Labute approximate surface area is 116 Å². The van der Waals surface area contributed by atoms with Gasteiger partial charge in [0.15, 0.2) is 0 Å². The van der Waals surface area contributed by atoms with E-state index in [4.69, 9.17) is 16.4 Å². The van der Waals surface area contributed by atoms with Crippen LogP contribution in [0.2, 0.25) is 5.02 Å². The third-order valence-corrected chi connectivity index (χ3v) is 3.08. The first-order valence-corrected chi connectivity index (χ1v) is 6.38. The average molecular weight is 283 g/mol. The first kappa shape index (κ1) is 13.8. The molecule has 0 spiro atoms. The summed E-state index contributed by atoms with van der Waals surface area (Å²) in [4.78, 5) is 28.8. The normalized spacial score (nSPS) is 19.2. The molecule has 6 heteroatoms. The van der Waals surface area contributed by atoms with Crippen LogP contribution in [0.1, 0.15) is 19.4 Å². The molecule has 1 aliphatic rings. The van der Waals surface area contributed by atoms with Crippen LogP contribution in [0.3, 0.4) is 0 Å². The number of hydrogen-bond donors (Lipinski definition) is 1. The van der Waals surface area contributed by atoms with E-state index in [1.54, 1.807) is 18.2 Å². The van der Waals surface area contributed by atoms with E-state index >= 15 is 0 Å². The fourth-order valence-corrected chi connectivity index (χ4v) is 2.03. The van der Waals surface area contributed by atoms with Gasteiger partial charge in [0.1, 0.15) is 12.6 Å². The number of rotatable bonds is 4. The molecule has 3 amide bonds. The van der Waals surface area contributed by atoms with Gasteiger partial charge in [-0.25, -0.2) is 4.79 Å². The van der Waals surface area contributed by atoms with Gasteiger partial charge in [-0.1, -0.05) is 37.6 Å². The minimum Gasteiger partial charge on any atom is -0.324 e. The number of hydroxylamine groups is 2. The molecular weight excluding hydrogens is 268 g/mol. The highest BCUT2D eigenvalue weighted by molar-refractivity contribution is 6.30. The zero-order valence-electron chi connectivity index (χ0n) is 10.7. The average Bonchev–Trinajstić information content (AvgIpc) is 2.63. The van der Waals surface area contributed by atoms with Gasteiger partial charge in [0.2, 0.25) is 0 Å². The zero-order chi connectivity index (χ0) is 14.0. The smallest absolute Gasteiger partial charge is 0.324 e. The monoisotopic (exact) mass is 282 g/mol. The van der Waals surface area contributed by atoms with Crippen molar-refractivity contribution in [2.24, 2.45) is 5.92 Å². The second kappa shape index (κ2) is 5.59. The van der Waals surface area contributed by atoms with E-state index in [1.165, 1.54) is 0 Å². The highest BCUT2D eigenvalue weighted by Crippen LogP contribution is 2.16. The van der Waals surface area contributed by atoms with Crippen molar-refractivity contribution in [3.05, 3.63) is 34.9 Å². The molecule has 0 radical (unpaired) electrons. The Morgan fingerprint density at radius 2 is 2.16 bits per heavy atom. The van der Waals surface area contributed by atoms with Crippen molar-refractivity contribution in [1.29, 1.82) is 0 Å². The molecule has 0 saturated carbocycles. The summed E-state index contributed by atoms with van der Waals surface area (Å²) in [5, 5.41) is 3.95. The van der Waals surface area contributed by atoms with E-state index in [-0.39, 0.29) is 18.4 Å². The van der Waals surface area contributed by atoms with Crippen LogP contribution in [0.25, 0.3) is 0 Å². The van der Waals surface area contributed by atoms with Crippen molar-refractivity contribution in [2.45, 2.75) is 26.5 Å². The molecule has 0 aromatic heterocycles. The molecule has 1 fully saturated rings. The molecule has 19 heavy (non-hydrogen) atoms. The molecule has 1 heterocycles. The summed E-state index contributed by atoms with van der Waals surface area (Å²) < 4.78 is 0. The Hall–Kier alpha value is -1.59. The molecule has 102 valence electrons. The van der Waals surface area contributed by atoms with Gasteiger partial charge in [0, 0.05) is 5.02 Å². The molecule has 0 aliphatic carbocycles. The number of imide groups is 1. The Kier molecular flexibility index (Phi) is 4.07. The lowest BCUT2D eigenvalue weighted by molar-refractivity contribution is -0.167. The Morgan fingerprint density at radius 1 is 1.42 bits per heavy atom. The molecule has 5 nitrogen and oxygen atoms in total. The summed E-state index contributed by atoms with van der Waals surface area (Å²) in [5.74, 6) is -0.335. The maximum atomic E-state index is 11.9. The summed E-state index contributed by atoms with van der Waals surface area (Å²) in [7, 11) is 0. The molecule has 2 rings (SSSR count). The van der Waals surface area contributed by atoms with Crippen molar-refractivity contribution in [1.82, 2.24) is 10.4 Å². The van der Waals surface area contributed by atoms with Gasteiger partial charge in [-0.05, 0) is 23.6 Å². The minimum atomic E-state index is -0.522. The number of nitrogens with zero attached hydrogens (tertiary/aromatic N) is 1. The van der Waals surface area contributed by atoms with E-state index < -0.39 is 12.1 Å². The van der Waals surface area contributed by atoms with E-state index in [1.807, 2.05) is 19.9 Å². The number of urea groups is 1. The predicted molar refractivity (Wildman–Crippen MR) is 70.2 cm³/mol. The lowest BCUT2D eigenvalue weighted by Gasteiger charge is -2.14. The number of carbonyl (C=O) groups excluding carboxylic acids is 2. The van der Waals surface area contributed by atoms with Crippen LogP contribution < -0.4 is 5.32 Å². The van der Waals surface area contributed by atoms with Crippen molar-refractivity contribution in [2.75, 3.05) is 0 Å². The van der Waals surface area contributed by atoms with E-state index in [2.05, 4.69) is 5.32 Å². The Bertz CT molecular complexity index is 504. The van der Waals surface area contributed by atoms with Crippen LogP contribution in [-0.2, 0) is 16.2 Å². The Balaban J connectivity index is 2.00. The van der Waals surface area contributed by atoms with E-state index in [0.29, 0.717) is 5.02 Å². The highest BCUT2D eigenvalue weighted by Gasteiger charge is 2.40. The lowest BCUT2D eigenvalue weighted by Crippen LogP contribution is -2.34. The van der Waals surface area contributed by atoms with Crippen molar-refractivity contribution < 1.29 is 14.4 Å². The summed E-state index contributed by atoms with van der Waals surface area (Å²) in [6.45, 7) is 3.84. The fourth-order valence-electron chi connectivity index (χ4n) is 1.82. The summed E-state index contributed by atoms with van der Waals surface area (Å²) in [5.41, 5.74) is 0.793. The third-order valence-electron chi connectivity index (χ3n) is 2.85. The van der Waals surface area contributed by atoms with Gasteiger partial charge in [0.05, 0.1) is 0 Å². The van der Waals surface area contributed by atoms with Gasteiger partial charge < -0.3 is 5.32 Å². The SMILES string of the molecule is CC(C)C1NC(=O)N(OCc2cccc(Cl)c2)C1=O. The molecule has 1 N–H and O–H groups in total. The van der Waals surface area contributed by atoms with Gasteiger partial charge in [-0.3, -0.25) is 9.63 Å². The van der Waals surface area contributed by atoms with Crippen LogP contribution in [0.4, 0.5) is 4.79 Å². The van der Waals surface area contributed by atoms with Gasteiger partial charge in [-0.15, -0.1) is 5.06 Å². The first-order chi connectivity index (χ1) is 8.99. The van der Waals surface area contributed by atoms with Crippen molar-refractivity contribution >= 4 is 23.5 Å². The maximum absolute atomic E-state index is 11.9. The maximum Gasteiger partial charge on any atom is 0.349 e. The minimum absolute atomic E-state index is 0.0243. The summed E-state index contributed by atoms with van der Waals surface area (Å²) in [6, 6.07) is 6.01. The molecule has 1 aromatic rings. The number of halogens is 1. The fraction of sp³-hybridized carbons (Fsp3) is 0.385. The number of carbonyl (C=O) groups is 2. The van der Waals surface area contributed by atoms with Crippen LogP contribution in [-0.4, -0.2) is 23.0 Å². The summed E-state index contributed by atoms with van der Waals surface area (Å²) >= 11 is 5.85. The van der Waals surface area contributed by atoms with Gasteiger partial charge in [-0.2, -0.15) is 0 Å². The molecular formula is C13H15ClN2O3. The quantitative estimate of drug-likeness (QED) is 0.863. The second-order valence-electron chi connectivity index (χ2n) is 4.71. The van der Waals surface area contributed by atoms with E-state index in [9.17, 15) is 9.59 Å². The number of hydrogen-bond acceptors (Lipinski definition) is 3. The van der Waals surface area contributed by atoms with Crippen LogP contribution in [0.5, 0.6) is 0 Å². The number of nitrogens with one attached hydrogen (secondary N) is 1. The van der Waals surface area contributed by atoms with Crippen molar-refractivity contribution in [3.63, 3.8) is 0 Å². The lowest BCUT2D eigenvalue weighted by atomic mass is 10.1. The molecule has 1 aromatic carbocycles. The van der Waals surface area contributed by atoms with Crippen LogP contribution in [0.15, 0.2) is 24.3 Å². The zero-order valence-corrected chi connectivity index (χ0v) is 11.5. The number of benzene rings is 1. The standard InChI is InChI=1S/C13H15ClN2O3/c1-8(2)11-12(17)16(13(18)15-11)19-7-9-4-3-5-10(14)6-9/h3-6,8,11H,7H2,1-2H3,(H,15,18).